The molecule has 4 rings (SSSR count). The van der Waals surface area contributed by atoms with Crippen molar-refractivity contribution in [3.8, 4) is 0 Å². The Hall–Kier alpha value is -2.41. The molecule has 2 fully saturated rings. The lowest BCUT2D eigenvalue weighted by molar-refractivity contribution is -0.167. The van der Waals surface area contributed by atoms with Gasteiger partial charge in [-0.15, -0.1) is 0 Å². The molecule has 2 heterocycles. The Morgan fingerprint density at radius 1 is 1.14 bits per heavy atom. The summed E-state index contributed by atoms with van der Waals surface area (Å²) in [5, 5.41) is 12.1. The Labute approximate surface area is 213 Å². The van der Waals surface area contributed by atoms with Gasteiger partial charge in [0, 0.05) is 31.2 Å². The zero-order valence-electron chi connectivity index (χ0n) is 20.7. The van der Waals surface area contributed by atoms with Crippen LogP contribution in [0.2, 0.25) is 5.02 Å². The Balaban J connectivity index is 1.63. The van der Waals surface area contributed by atoms with E-state index in [0.717, 1.165) is 24.1 Å². The first-order chi connectivity index (χ1) is 16.9. The Kier molecular flexibility index (Phi) is 8.15. The van der Waals surface area contributed by atoms with Crippen LogP contribution in [0.5, 0.6) is 0 Å². The molecule has 0 radical (unpaired) electrons. The number of aliphatic hydroxyl groups is 1. The molecule has 0 aromatic heterocycles. The van der Waals surface area contributed by atoms with Crippen LogP contribution in [0.3, 0.4) is 0 Å². The lowest BCUT2D eigenvalue weighted by Gasteiger charge is -2.52. The molecular formula is C28H36ClN3O3. The fourth-order valence-electron chi connectivity index (χ4n) is 5.86. The zero-order valence-corrected chi connectivity index (χ0v) is 21.5. The molecule has 0 unspecified atom stereocenters. The molecule has 0 saturated carbocycles. The maximum absolute atomic E-state index is 14.3. The average molecular weight is 498 g/mol. The number of nitrogens with zero attached hydrogens (tertiary/aromatic N) is 3. The molecule has 6 nitrogen and oxygen atoms in total. The summed E-state index contributed by atoms with van der Waals surface area (Å²) in [5.41, 5.74) is 1.15. The van der Waals surface area contributed by atoms with Crippen molar-refractivity contribution >= 4 is 23.4 Å². The van der Waals surface area contributed by atoms with E-state index in [2.05, 4.69) is 4.90 Å². The normalized spacial score (nSPS) is 25.1. The van der Waals surface area contributed by atoms with Crippen LogP contribution >= 0.6 is 11.6 Å². The fourth-order valence-corrected chi connectivity index (χ4v) is 6.08. The van der Waals surface area contributed by atoms with E-state index in [1.807, 2.05) is 78.2 Å². The predicted molar refractivity (Wildman–Crippen MR) is 138 cm³/mol. The summed E-state index contributed by atoms with van der Waals surface area (Å²) in [6, 6.07) is 16.9. The van der Waals surface area contributed by atoms with Gasteiger partial charge in [-0.2, -0.15) is 0 Å². The molecule has 0 bridgehead atoms. The number of likely N-dealkylation sites (N-methyl/N-ethyl adjacent to an activating group) is 1. The van der Waals surface area contributed by atoms with Gasteiger partial charge >= 0.3 is 0 Å². The van der Waals surface area contributed by atoms with E-state index in [0.29, 0.717) is 50.6 Å². The van der Waals surface area contributed by atoms with E-state index in [9.17, 15) is 14.7 Å². The summed E-state index contributed by atoms with van der Waals surface area (Å²) < 4.78 is 0. The van der Waals surface area contributed by atoms with Crippen molar-refractivity contribution in [2.75, 3.05) is 32.7 Å². The number of hydrogen-bond acceptors (Lipinski definition) is 4. The van der Waals surface area contributed by atoms with Gasteiger partial charge in [0.15, 0.2) is 0 Å². The van der Waals surface area contributed by atoms with Crippen LogP contribution in [-0.2, 0) is 16.1 Å². The smallest absolute Gasteiger partial charge is 0.236 e. The van der Waals surface area contributed by atoms with Gasteiger partial charge in [0.2, 0.25) is 11.8 Å². The first-order valence-corrected chi connectivity index (χ1v) is 13.0. The van der Waals surface area contributed by atoms with Crippen molar-refractivity contribution in [3.05, 3.63) is 70.7 Å². The minimum atomic E-state index is -0.703. The number of likely N-dealkylation sites (tertiary alicyclic amines) is 2. The summed E-state index contributed by atoms with van der Waals surface area (Å²) in [7, 11) is 0. The third-order valence-electron chi connectivity index (χ3n) is 7.53. The summed E-state index contributed by atoms with van der Waals surface area (Å²) in [6.45, 7) is 7.28. The monoisotopic (exact) mass is 497 g/mol. The van der Waals surface area contributed by atoms with Gasteiger partial charge in [0.25, 0.3) is 0 Å². The van der Waals surface area contributed by atoms with Crippen molar-refractivity contribution in [2.45, 2.75) is 51.8 Å². The molecule has 0 aliphatic carbocycles. The van der Waals surface area contributed by atoms with E-state index in [-0.39, 0.29) is 11.8 Å². The summed E-state index contributed by atoms with van der Waals surface area (Å²) in [5.74, 6) is 0.144. The molecule has 3 atom stereocenters. The molecule has 2 aromatic carbocycles. The predicted octanol–water partition coefficient (Wildman–Crippen LogP) is 4.13. The van der Waals surface area contributed by atoms with E-state index in [1.165, 1.54) is 0 Å². The van der Waals surface area contributed by atoms with Gasteiger partial charge in [0.1, 0.15) is 0 Å². The van der Waals surface area contributed by atoms with Gasteiger partial charge in [-0.05, 0) is 62.9 Å². The van der Waals surface area contributed by atoms with Crippen molar-refractivity contribution in [1.82, 2.24) is 14.7 Å². The van der Waals surface area contributed by atoms with Crippen LogP contribution in [-0.4, -0.2) is 70.4 Å². The number of amides is 2. The number of carbonyl (C=O) groups is 2. The van der Waals surface area contributed by atoms with Gasteiger partial charge in [0.05, 0.1) is 24.1 Å². The SMILES string of the molecule is CCN(CC)C(=O)CN1CCC[C@]2(C[C@@H](O)[C@H](c3ccccc3)N(Cc3cccc(Cl)c3)C2=O)C1. The maximum Gasteiger partial charge on any atom is 0.236 e. The quantitative estimate of drug-likeness (QED) is 0.625. The molecule has 2 aliphatic rings. The largest absolute Gasteiger partial charge is 0.391 e. The van der Waals surface area contributed by atoms with E-state index >= 15 is 0 Å². The topological polar surface area (TPSA) is 64.1 Å². The van der Waals surface area contributed by atoms with Crippen LogP contribution in [0, 0.1) is 5.41 Å². The number of halogens is 1. The average Bonchev–Trinajstić information content (AvgIpc) is 2.84. The Morgan fingerprint density at radius 2 is 1.89 bits per heavy atom. The molecule has 35 heavy (non-hydrogen) atoms. The maximum atomic E-state index is 14.3. The summed E-state index contributed by atoms with van der Waals surface area (Å²) in [4.78, 5) is 32.8. The number of rotatable bonds is 7. The summed E-state index contributed by atoms with van der Waals surface area (Å²) in [6.07, 6.45) is 1.23. The highest BCUT2D eigenvalue weighted by molar-refractivity contribution is 6.30. The molecule has 188 valence electrons. The highest BCUT2D eigenvalue weighted by Gasteiger charge is 2.53. The van der Waals surface area contributed by atoms with Crippen LogP contribution in [0.4, 0.5) is 0 Å². The van der Waals surface area contributed by atoms with Crippen molar-refractivity contribution in [3.63, 3.8) is 0 Å². The number of benzene rings is 2. The standard InChI is InChI=1S/C28H36ClN3O3/c1-3-31(4-2)25(34)19-30-15-9-14-28(20-30)17-24(33)26(22-11-6-5-7-12-22)32(27(28)35)18-21-10-8-13-23(29)16-21/h5-8,10-13,16,24,26,33H,3-4,9,14-15,17-20H2,1-2H3/t24-,26+,28+/m1/s1. The Bertz CT molecular complexity index is 1030. The Morgan fingerprint density at radius 3 is 2.57 bits per heavy atom. The fraction of sp³-hybridized carbons (Fsp3) is 0.500. The van der Waals surface area contributed by atoms with Gasteiger partial charge in [-0.3, -0.25) is 14.5 Å². The third kappa shape index (κ3) is 5.55. The number of piperidine rings is 2. The molecule has 2 aliphatic heterocycles. The first kappa shape index (κ1) is 25.7. The van der Waals surface area contributed by atoms with Gasteiger partial charge < -0.3 is 14.9 Å². The molecular weight excluding hydrogens is 462 g/mol. The number of hydrogen-bond donors (Lipinski definition) is 1. The minimum absolute atomic E-state index is 0.0524. The van der Waals surface area contributed by atoms with E-state index < -0.39 is 17.6 Å². The van der Waals surface area contributed by atoms with Gasteiger partial charge in [-0.1, -0.05) is 54.1 Å². The zero-order chi connectivity index (χ0) is 25.0. The summed E-state index contributed by atoms with van der Waals surface area (Å²) >= 11 is 6.24. The minimum Gasteiger partial charge on any atom is -0.391 e. The molecule has 1 spiro atoms. The molecule has 1 N–H and O–H groups in total. The second kappa shape index (κ2) is 11.1. The molecule has 2 amide bonds. The van der Waals surface area contributed by atoms with E-state index in [1.54, 1.807) is 0 Å². The van der Waals surface area contributed by atoms with Crippen molar-refractivity contribution in [2.24, 2.45) is 5.41 Å². The van der Waals surface area contributed by atoms with Gasteiger partial charge in [-0.25, -0.2) is 0 Å². The van der Waals surface area contributed by atoms with Crippen molar-refractivity contribution in [1.29, 1.82) is 0 Å². The lowest BCUT2D eigenvalue weighted by atomic mass is 9.69. The lowest BCUT2D eigenvalue weighted by Crippen LogP contribution is -2.61. The van der Waals surface area contributed by atoms with Crippen LogP contribution in [0.25, 0.3) is 0 Å². The molecule has 2 aromatic rings. The van der Waals surface area contributed by atoms with Crippen LogP contribution in [0.1, 0.15) is 50.3 Å². The van der Waals surface area contributed by atoms with Crippen molar-refractivity contribution < 1.29 is 14.7 Å². The third-order valence-corrected chi connectivity index (χ3v) is 7.76. The highest BCUT2D eigenvalue weighted by Crippen LogP contribution is 2.46. The van der Waals surface area contributed by atoms with Crippen LogP contribution in [0.15, 0.2) is 54.6 Å². The molecule has 7 heteroatoms. The van der Waals surface area contributed by atoms with E-state index in [4.69, 9.17) is 11.6 Å². The number of aliphatic hydroxyl groups excluding tert-OH is 1. The number of carbonyl (C=O) groups excluding carboxylic acids is 2. The first-order valence-electron chi connectivity index (χ1n) is 12.7. The molecule has 2 saturated heterocycles. The second-order valence-corrected chi connectivity index (χ2v) is 10.3. The van der Waals surface area contributed by atoms with Crippen LogP contribution < -0.4 is 0 Å². The second-order valence-electron chi connectivity index (χ2n) is 9.85. The highest BCUT2D eigenvalue weighted by atomic mass is 35.5.